The monoisotopic (exact) mass is 225 g/mol. The zero-order chi connectivity index (χ0) is 10.6. The maximum atomic E-state index is 6.26. The van der Waals surface area contributed by atoms with Gasteiger partial charge in [0.1, 0.15) is 0 Å². The highest BCUT2D eigenvalue weighted by Crippen LogP contribution is 2.44. The lowest BCUT2D eigenvalue weighted by Gasteiger charge is -2.29. The number of nitrogens with two attached hydrogens (primary N) is 1. The predicted molar refractivity (Wildman–Crippen MR) is 59.9 cm³/mol. The van der Waals surface area contributed by atoms with Gasteiger partial charge in [-0.05, 0) is 50.1 Å². The highest BCUT2D eigenvalue weighted by Gasteiger charge is 2.46. The molecule has 2 heterocycles. The molecule has 1 atom stereocenters. The summed E-state index contributed by atoms with van der Waals surface area (Å²) < 4.78 is 2.15. The van der Waals surface area contributed by atoms with E-state index < -0.39 is 0 Å². The van der Waals surface area contributed by atoms with E-state index in [0.29, 0.717) is 11.2 Å². The van der Waals surface area contributed by atoms with Gasteiger partial charge in [0.15, 0.2) is 0 Å². The summed E-state index contributed by atoms with van der Waals surface area (Å²) in [7, 11) is 0. The maximum Gasteiger partial charge on any atom is 0.203 e. The molecular weight excluding hydrogens is 210 g/mol. The van der Waals surface area contributed by atoms with Crippen LogP contribution in [-0.4, -0.2) is 15.1 Å². The molecular formula is C11H16ClN3. The van der Waals surface area contributed by atoms with Gasteiger partial charge in [0, 0.05) is 17.8 Å². The molecule has 1 aromatic rings. The van der Waals surface area contributed by atoms with Crippen molar-refractivity contribution >= 4 is 11.6 Å². The van der Waals surface area contributed by atoms with E-state index in [1.807, 2.05) is 6.92 Å². The number of imidazole rings is 1. The van der Waals surface area contributed by atoms with Crippen LogP contribution in [0.15, 0.2) is 0 Å². The number of hydrogen-bond donors (Lipinski definition) is 1. The Labute approximate surface area is 94.6 Å². The first kappa shape index (κ1) is 9.67. The van der Waals surface area contributed by atoms with Crippen LogP contribution in [0.1, 0.15) is 30.7 Å². The summed E-state index contributed by atoms with van der Waals surface area (Å²) in [5.74, 6) is 0.594. The SMILES string of the molecule is Cc1nc(Cl)n2c1CCC(C1(N)CC1)C2. The minimum atomic E-state index is 0.110. The summed E-state index contributed by atoms with van der Waals surface area (Å²) >= 11 is 6.11. The van der Waals surface area contributed by atoms with E-state index in [2.05, 4.69) is 9.55 Å². The molecule has 0 bridgehead atoms. The second kappa shape index (κ2) is 2.98. The largest absolute Gasteiger partial charge is 0.325 e. The number of hydrogen-bond acceptors (Lipinski definition) is 2. The topological polar surface area (TPSA) is 43.8 Å². The molecule has 1 saturated carbocycles. The van der Waals surface area contributed by atoms with Crippen LogP contribution in [0.5, 0.6) is 0 Å². The number of rotatable bonds is 1. The van der Waals surface area contributed by atoms with Crippen molar-refractivity contribution in [2.45, 2.75) is 44.7 Å². The fraction of sp³-hybridized carbons (Fsp3) is 0.727. The van der Waals surface area contributed by atoms with Gasteiger partial charge in [0.05, 0.1) is 5.69 Å². The number of fused-ring (bicyclic) bond motifs is 1. The smallest absolute Gasteiger partial charge is 0.203 e. The highest BCUT2D eigenvalue weighted by atomic mass is 35.5. The summed E-state index contributed by atoms with van der Waals surface area (Å²) in [6.07, 6.45) is 4.63. The molecule has 2 N–H and O–H groups in total. The predicted octanol–water partition coefficient (Wildman–Crippen LogP) is 1.90. The van der Waals surface area contributed by atoms with Gasteiger partial charge in [-0.2, -0.15) is 0 Å². The number of aromatic nitrogens is 2. The quantitative estimate of drug-likeness (QED) is 0.794. The van der Waals surface area contributed by atoms with Crippen molar-refractivity contribution < 1.29 is 0 Å². The molecule has 0 radical (unpaired) electrons. The van der Waals surface area contributed by atoms with Crippen LogP contribution in [0.25, 0.3) is 0 Å². The van der Waals surface area contributed by atoms with Crippen molar-refractivity contribution in [1.82, 2.24) is 9.55 Å². The van der Waals surface area contributed by atoms with E-state index in [1.165, 1.54) is 25.0 Å². The lowest BCUT2D eigenvalue weighted by Crippen LogP contribution is -2.38. The van der Waals surface area contributed by atoms with Gasteiger partial charge < -0.3 is 10.3 Å². The Morgan fingerprint density at radius 2 is 2.27 bits per heavy atom. The van der Waals surface area contributed by atoms with Crippen LogP contribution in [-0.2, 0) is 13.0 Å². The van der Waals surface area contributed by atoms with Crippen molar-refractivity contribution in [2.75, 3.05) is 0 Å². The van der Waals surface area contributed by atoms with Crippen LogP contribution >= 0.6 is 11.6 Å². The highest BCUT2D eigenvalue weighted by molar-refractivity contribution is 6.28. The average molecular weight is 226 g/mol. The van der Waals surface area contributed by atoms with Crippen LogP contribution in [0, 0.1) is 12.8 Å². The zero-order valence-corrected chi connectivity index (χ0v) is 9.72. The first-order valence-electron chi connectivity index (χ1n) is 5.60. The summed E-state index contributed by atoms with van der Waals surface area (Å²) in [6.45, 7) is 3.00. The molecule has 0 spiro atoms. The summed E-state index contributed by atoms with van der Waals surface area (Å²) in [5.41, 5.74) is 8.76. The molecule has 4 heteroatoms. The molecule has 3 rings (SSSR count). The van der Waals surface area contributed by atoms with E-state index in [4.69, 9.17) is 17.3 Å². The first-order valence-corrected chi connectivity index (χ1v) is 5.98. The van der Waals surface area contributed by atoms with E-state index in [9.17, 15) is 0 Å². The minimum absolute atomic E-state index is 0.110. The lowest BCUT2D eigenvalue weighted by molar-refractivity contribution is 0.298. The van der Waals surface area contributed by atoms with Gasteiger partial charge in [0.25, 0.3) is 0 Å². The van der Waals surface area contributed by atoms with Gasteiger partial charge >= 0.3 is 0 Å². The summed E-state index contributed by atoms with van der Waals surface area (Å²) in [4.78, 5) is 4.32. The number of halogens is 1. The zero-order valence-electron chi connectivity index (χ0n) is 8.96. The second-order valence-corrected chi connectivity index (χ2v) is 5.33. The molecule has 1 unspecified atom stereocenters. The standard InChI is InChI=1S/C11H16ClN3/c1-7-9-3-2-8(11(13)4-5-11)6-15(9)10(12)14-7/h8H,2-6,13H2,1H3. The van der Waals surface area contributed by atoms with E-state index >= 15 is 0 Å². The van der Waals surface area contributed by atoms with E-state index in [0.717, 1.165) is 18.7 Å². The molecule has 0 aromatic carbocycles. The van der Waals surface area contributed by atoms with Crippen molar-refractivity contribution in [3.05, 3.63) is 16.7 Å². The van der Waals surface area contributed by atoms with Gasteiger partial charge in [-0.1, -0.05) is 0 Å². The maximum absolute atomic E-state index is 6.26. The Hall–Kier alpha value is -0.540. The van der Waals surface area contributed by atoms with Crippen LogP contribution in [0.2, 0.25) is 5.28 Å². The van der Waals surface area contributed by atoms with Crippen molar-refractivity contribution in [3.63, 3.8) is 0 Å². The van der Waals surface area contributed by atoms with Crippen LogP contribution in [0.4, 0.5) is 0 Å². The van der Waals surface area contributed by atoms with Crippen LogP contribution in [0.3, 0.4) is 0 Å². The molecule has 1 aliphatic heterocycles. The summed E-state index contributed by atoms with van der Waals surface area (Å²) in [5, 5.41) is 0.636. The third-order valence-corrected chi connectivity index (χ3v) is 4.29. The fourth-order valence-electron chi connectivity index (χ4n) is 2.72. The van der Waals surface area contributed by atoms with Gasteiger partial charge in [0.2, 0.25) is 5.28 Å². The molecule has 1 aliphatic carbocycles. The molecule has 15 heavy (non-hydrogen) atoms. The molecule has 1 aromatic heterocycles. The molecule has 1 fully saturated rings. The molecule has 0 amide bonds. The second-order valence-electron chi connectivity index (χ2n) is 4.99. The lowest BCUT2D eigenvalue weighted by atomic mass is 9.89. The third kappa shape index (κ3) is 1.41. The van der Waals surface area contributed by atoms with Gasteiger partial charge in [-0.15, -0.1) is 0 Å². The van der Waals surface area contributed by atoms with E-state index in [-0.39, 0.29) is 5.54 Å². The summed E-state index contributed by atoms with van der Waals surface area (Å²) in [6, 6.07) is 0. The average Bonchev–Trinajstić information content (AvgIpc) is 2.90. The van der Waals surface area contributed by atoms with Crippen molar-refractivity contribution in [1.29, 1.82) is 0 Å². The van der Waals surface area contributed by atoms with Gasteiger partial charge in [-0.3, -0.25) is 0 Å². The normalized spacial score (nSPS) is 27.5. The Morgan fingerprint density at radius 3 is 2.93 bits per heavy atom. The third-order valence-electron chi connectivity index (χ3n) is 4.00. The molecule has 3 nitrogen and oxygen atoms in total. The molecule has 82 valence electrons. The number of nitrogens with zero attached hydrogens (tertiary/aromatic N) is 2. The fourth-order valence-corrected chi connectivity index (χ4v) is 3.01. The van der Waals surface area contributed by atoms with E-state index in [1.54, 1.807) is 0 Å². The van der Waals surface area contributed by atoms with Crippen LogP contribution < -0.4 is 5.73 Å². The Balaban J connectivity index is 1.92. The first-order chi connectivity index (χ1) is 7.10. The Kier molecular flexibility index (Phi) is 1.92. The Bertz CT molecular complexity index is 406. The van der Waals surface area contributed by atoms with Crippen molar-refractivity contribution in [3.8, 4) is 0 Å². The van der Waals surface area contributed by atoms with Crippen molar-refractivity contribution in [2.24, 2.45) is 11.7 Å². The number of aryl methyl sites for hydroxylation is 1. The Morgan fingerprint density at radius 1 is 1.53 bits per heavy atom. The van der Waals surface area contributed by atoms with Gasteiger partial charge in [-0.25, -0.2) is 4.98 Å². The molecule has 2 aliphatic rings. The molecule has 0 saturated heterocycles. The minimum Gasteiger partial charge on any atom is -0.325 e.